The fraction of sp³-hybridized carbons (Fsp3) is 0.364. The number of amides is 1. The Kier molecular flexibility index (Phi) is 3.05. The molecule has 18 heavy (non-hydrogen) atoms. The number of aryl methyl sites for hydroxylation is 3. The quantitative estimate of drug-likeness (QED) is 0.749. The van der Waals surface area contributed by atoms with Crippen molar-refractivity contribution in [2.75, 3.05) is 11.1 Å². The second kappa shape index (κ2) is 4.52. The first-order valence-electron chi connectivity index (χ1n) is 5.67. The summed E-state index contributed by atoms with van der Waals surface area (Å²) in [4.78, 5) is 12.0. The van der Waals surface area contributed by atoms with Gasteiger partial charge in [0.1, 0.15) is 5.69 Å². The van der Waals surface area contributed by atoms with E-state index in [2.05, 4.69) is 20.6 Å². The first-order chi connectivity index (χ1) is 8.52. The van der Waals surface area contributed by atoms with Crippen molar-refractivity contribution in [1.29, 1.82) is 0 Å². The van der Waals surface area contributed by atoms with E-state index in [4.69, 9.17) is 5.73 Å². The number of rotatable bonds is 3. The Bertz CT molecular complexity index is 582. The van der Waals surface area contributed by atoms with Crippen molar-refractivity contribution in [3.05, 3.63) is 23.1 Å². The number of hydrogen-bond donors (Lipinski definition) is 3. The molecule has 0 aliphatic carbocycles. The van der Waals surface area contributed by atoms with Crippen LogP contribution in [-0.4, -0.2) is 25.9 Å². The van der Waals surface area contributed by atoms with E-state index in [1.807, 2.05) is 6.92 Å². The Balaban J connectivity index is 2.21. The monoisotopic (exact) mass is 248 g/mol. The summed E-state index contributed by atoms with van der Waals surface area (Å²) in [5.41, 5.74) is 8.29. The Morgan fingerprint density at radius 1 is 1.61 bits per heavy atom. The SMILES string of the molecule is CCc1cc(C(=O)Nc2n[nH]c(C)c2N)n(C)n1. The Hall–Kier alpha value is -2.31. The molecule has 0 fully saturated rings. The van der Waals surface area contributed by atoms with Crippen molar-refractivity contribution >= 4 is 17.4 Å². The largest absolute Gasteiger partial charge is 0.394 e. The maximum absolute atomic E-state index is 12.0. The highest BCUT2D eigenvalue weighted by Gasteiger charge is 2.16. The first kappa shape index (κ1) is 12.2. The average molecular weight is 248 g/mol. The van der Waals surface area contributed by atoms with Crippen LogP contribution < -0.4 is 11.1 Å². The summed E-state index contributed by atoms with van der Waals surface area (Å²) < 4.78 is 1.55. The predicted molar refractivity (Wildman–Crippen MR) is 68.3 cm³/mol. The van der Waals surface area contributed by atoms with Gasteiger partial charge in [0, 0.05) is 7.05 Å². The highest BCUT2D eigenvalue weighted by atomic mass is 16.2. The lowest BCUT2D eigenvalue weighted by molar-refractivity contribution is 0.101. The maximum atomic E-state index is 12.0. The summed E-state index contributed by atoms with van der Waals surface area (Å²) in [6.07, 6.45) is 0.783. The van der Waals surface area contributed by atoms with Crippen LogP contribution in [0.2, 0.25) is 0 Å². The number of aromatic amines is 1. The standard InChI is InChI=1S/C11H16N6O/c1-4-7-5-8(17(3)16-7)11(18)13-10-9(12)6(2)14-15-10/h5H,4,12H2,1-3H3,(H2,13,14,15,18). The third-order valence-corrected chi connectivity index (χ3v) is 2.75. The molecular formula is C11H16N6O. The first-order valence-corrected chi connectivity index (χ1v) is 5.67. The minimum Gasteiger partial charge on any atom is -0.394 e. The van der Waals surface area contributed by atoms with Gasteiger partial charge in [0.05, 0.1) is 17.1 Å². The molecule has 0 unspecified atom stereocenters. The normalized spacial score (nSPS) is 10.6. The second-order valence-corrected chi connectivity index (χ2v) is 4.06. The van der Waals surface area contributed by atoms with Crippen LogP contribution in [0.15, 0.2) is 6.07 Å². The molecule has 2 heterocycles. The van der Waals surface area contributed by atoms with Crippen molar-refractivity contribution < 1.29 is 4.79 Å². The Morgan fingerprint density at radius 3 is 2.83 bits per heavy atom. The maximum Gasteiger partial charge on any atom is 0.275 e. The third kappa shape index (κ3) is 2.06. The minimum atomic E-state index is -0.275. The third-order valence-electron chi connectivity index (χ3n) is 2.75. The van der Waals surface area contributed by atoms with Crippen molar-refractivity contribution in [2.45, 2.75) is 20.3 Å². The molecule has 0 aliphatic rings. The highest BCUT2D eigenvalue weighted by molar-refractivity contribution is 6.04. The summed E-state index contributed by atoms with van der Waals surface area (Å²) in [5, 5.41) is 13.5. The predicted octanol–water partition coefficient (Wildman–Crippen LogP) is 0.849. The highest BCUT2D eigenvalue weighted by Crippen LogP contribution is 2.18. The topological polar surface area (TPSA) is 102 Å². The fourth-order valence-electron chi connectivity index (χ4n) is 1.62. The number of anilines is 2. The zero-order valence-corrected chi connectivity index (χ0v) is 10.6. The lowest BCUT2D eigenvalue weighted by atomic mass is 10.3. The van der Waals surface area contributed by atoms with Gasteiger partial charge in [-0.1, -0.05) is 6.92 Å². The van der Waals surface area contributed by atoms with Gasteiger partial charge < -0.3 is 11.1 Å². The lowest BCUT2D eigenvalue weighted by Gasteiger charge is -2.02. The molecule has 0 aliphatic heterocycles. The number of H-pyrrole nitrogens is 1. The average Bonchev–Trinajstić information content (AvgIpc) is 2.86. The fourth-order valence-corrected chi connectivity index (χ4v) is 1.62. The summed E-state index contributed by atoms with van der Waals surface area (Å²) >= 11 is 0. The van der Waals surface area contributed by atoms with Gasteiger partial charge >= 0.3 is 0 Å². The van der Waals surface area contributed by atoms with Gasteiger partial charge in [-0.25, -0.2) is 0 Å². The number of nitrogens with two attached hydrogens (primary N) is 1. The summed E-state index contributed by atoms with van der Waals surface area (Å²) in [5.74, 6) is 0.0691. The van der Waals surface area contributed by atoms with Crippen molar-refractivity contribution in [2.24, 2.45) is 7.05 Å². The number of carbonyl (C=O) groups is 1. The van der Waals surface area contributed by atoms with Crippen molar-refractivity contribution in [3.8, 4) is 0 Å². The molecule has 0 bridgehead atoms. The number of hydrogen-bond acceptors (Lipinski definition) is 4. The lowest BCUT2D eigenvalue weighted by Crippen LogP contribution is -2.17. The Morgan fingerprint density at radius 2 is 2.33 bits per heavy atom. The van der Waals surface area contributed by atoms with Crippen LogP contribution >= 0.6 is 0 Å². The van der Waals surface area contributed by atoms with Crippen molar-refractivity contribution in [3.63, 3.8) is 0 Å². The number of nitrogens with one attached hydrogen (secondary N) is 2. The molecule has 2 rings (SSSR count). The van der Waals surface area contributed by atoms with Crippen LogP contribution in [-0.2, 0) is 13.5 Å². The Labute approximate surface area is 104 Å². The van der Waals surface area contributed by atoms with E-state index in [-0.39, 0.29) is 5.91 Å². The number of nitrogens with zero attached hydrogens (tertiary/aromatic N) is 3. The molecule has 7 nitrogen and oxygen atoms in total. The van der Waals surface area contributed by atoms with E-state index in [1.54, 1.807) is 24.7 Å². The van der Waals surface area contributed by atoms with E-state index < -0.39 is 0 Å². The van der Waals surface area contributed by atoms with Crippen molar-refractivity contribution in [1.82, 2.24) is 20.0 Å². The van der Waals surface area contributed by atoms with Gasteiger partial charge in [0.15, 0.2) is 5.82 Å². The van der Waals surface area contributed by atoms with Gasteiger partial charge in [-0.3, -0.25) is 14.6 Å². The molecule has 4 N–H and O–H groups in total. The molecular weight excluding hydrogens is 232 g/mol. The van der Waals surface area contributed by atoms with Crippen LogP contribution in [0.3, 0.4) is 0 Å². The smallest absolute Gasteiger partial charge is 0.275 e. The van der Waals surface area contributed by atoms with Crippen LogP contribution in [0.25, 0.3) is 0 Å². The molecule has 0 radical (unpaired) electrons. The van der Waals surface area contributed by atoms with E-state index >= 15 is 0 Å². The van der Waals surface area contributed by atoms with Gasteiger partial charge in [-0.15, -0.1) is 0 Å². The summed E-state index contributed by atoms with van der Waals surface area (Å²) in [6.45, 7) is 3.77. The van der Waals surface area contributed by atoms with Gasteiger partial charge in [0.25, 0.3) is 5.91 Å². The molecule has 0 aromatic carbocycles. The molecule has 0 atom stereocenters. The number of aromatic nitrogens is 4. The number of nitrogen functional groups attached to an aromatic ring is 1. The van der Waals surface area contributed by atoms with Crippen LogP contribution in [0, 0.1) is 6.92 Å². The van der Waals surface area contributed by atoms with Gasteiger partial charge in [-0.05, 0) is 19.4 Å². The molecule has 0 saturated carbocycles. The zero-order valence-electron chi connectivity index (χ0n) is 10.6. The molecule has 7 heteroatoms. The van der Waals surface area contributed by atoms with E-state index in [1.165, 1.54) is 0 Å². The minimum absolute atomic E-state index is 0.275. The van der Waals surface area contributed by atoms with Crippen LogP contribution in [0.1, 0.15) is 28.8 Å². The van der Waals surface area contributed by atoms with Gasteiger partial charge in [0.2, 0.25) is 0 Å². The number of carbonyl (C=O) groups excluding carboxylic acids is 1. The molecule has 0 saturated heterocycles. The van der Waals surface area contributed by atoms with Crippen LogP contribution in [0.4, 0.5) is 11.5 Å². The molecule has 2 aromatic heterocycles. The van der Waals surface area contributed by atoms with Crippen LogP contribution in [0.5, 0.6) is 0 Å². The van der Waals surface area contributed by atoms with E-state index in [0.717, 1.165) is 17.8 Å². The van der Waals surface area contributed by atoms with E-state index in [9.17, 15) is 4.79 Å². The second-order valence-electron chi connectivity index (χ2n) is 4.06. The zero-order chi connectivity index (χ0) is 13.3. The van der Waals surface area contributed by atoms with E-state index in [0.29, 0.717) is 17.2 Å². The summed E-state index contributed by atoms with van der Waals surface area (Å²) in [7, 11) is 1.73. The summed E-state index contributed by atoms with van der Waals surface area (Å²) in [6, 6.07) is 1.75. The van der Waals surface area contributed by atoms with Gasteiger partial charge in [-0.2, -0.15) is 10.2 Å². The molecule has 1 amide bonds. The molecule has 96 valence electrons. The molecule has 0 spiro atoms. The molecule has 2 aromatic rings.